The normalized spacial score (nSPS) is 10.7. The van der Waals surface area contributed by atoms with E-state index in [1.54, 1.807) is 19.1 Å². The fraction of sp³-hybridized carbons (Fsp3) is 0.133. The van der Waals surface area contributed by atoms with Gasteiger partial charge in [-0.25, -0.2) is 14.8 Å². The van der Waals surface area contributed by atoms with Gasteiger partial charge in [0.25, 0.3) is 0 Å². The van der Waals surface area contributed by atoms with Gasteiger partial charge in [0.05, 0.1) is 28.7 Å². The number of rotatable bonds is 2. The van der Waals surface area contributed by atoms with Gasteiger partial charge in [-0.3, -0.25) is 5.32 Å². The first-order valence-electron chi connectivity index (χ1n) is 6.36. The quantitative estimate of drug-likeness (QED) is 0.723. The van der Waals surface area contributed by atoms with E-state index < -0.39 is 6.09 Å². The third kappa shape index (κ3) is 2.38. The zero-order chi connectivity index (χ0) is 13.9. The predicted octanol–water partition coefficient (Wildman–Crippen LogP) is 3.35. The number of carbonyl (C=O) groups is 1. The van der Waals surface area contributed by atoms with E-state index in [9.17, 15) is 4.79 Å². The Balaban J connectivity index is 2.01. The van der Waals surface area contributed by atoms with Gasteiger partial charge in [0.2, 0.25) is 0 Å². The molecular weight excluding hydrogens is 254 g/mol. The molecule has 0 aliphatic rings. The monoisotopic (exact) mass is 267 g/mol. The largest absolute Gasteiger partial charge is 0.450 e. The summed E-state index contributed by atoms with van der Waals surface area (Å²) in [6.45, 7) is 2.10. The minimum Gasteiger partial charge on any atom is -0.450 e. The molecule has 0 unspecified atom stereocenters. The number of amides is 1. The molecule has 0 atom stereocenters. The Morgan fingerprint density at radius 2 is 1.70 bits per heavy atom. The molecular formula is C15H13N3O2. The molecule has 100 valence electrons. The van der Waals surface area contributed by atoms with Crippen LogP contribution < -0.4 is 5.32 Å². The topological polar surface area (TPSA) is 64.1 Å². The number of ether oxygens (including phenoxy) is 1. The van der Waals surface area contributed by atoms with E-state index >= 15 is 0 Å². The number of benzene rings is 2. The minimum absolute atomic E-state index is 0.337. The summed E-state index contributed by atoms with van der Waals surface area (Å²) >= 11 is 0. The van der Waals surface area contributed by atoms with Crippen molar-refractivity contribution in [2.75, 3.05) is 11.9 Å². The van der Waals surface area contributed by atoms with Crippen LogP contribution in [0.3, 0.4) is 0 Å². The molecule has 3 aromatic rings. The number of aromatic nitrogens is 2. The van der Waals surface area contributed by atoms with E-state index in [1.165, 1.54) is 0 Å². The third-order valence-corrected chi connectivity index (χ3v) is 2.86. The second-order valence-corrected chi connectivity index (χ2v) is 4.26. The van der Waals surface area contributed by atoms with Crippen molar-refractivity contribution < 1.29 is 9.53 Å². The second-order valence-electron chi connectivity index (χ2n) is 4.26. The summed E-state index contributed by atoms with van der Waals surface area (Å²) in [6.07, 6.45) is -0.472. The average Bonchev–Trinajstić information content (AvgIpc) is 2.45. The SMILES string of the molecule is CCOC(=O)Nc1ccc2nc3ccccc3nc2c1. The zero-order valence-electron chi connectivity index (χ0n) is 11.0. The van der Waals surface area contributed by atoms with Gasteiger partial charge in [-0.2, -0.15) is 0 Å². The minimum atomic E-state index is -0.472. The van der Waals surface area contributed by atoms with Crippen molar-refractivity contribution in [1.29, 1.82) is 0 Å². The summed E-state index contributed by atoms with van der Waals surface area (Å²) < 4.78 is 4.84. The van der Waals surface area contributed by atoms with Crippen LogP contribution in [0.5, 0.6) is 0 Å². The van der Waals surface area contributed by atoms with Crippen molar-refractivity contribution >= 4 is 33.8 Å². The number of para-hydroxylation sites is 2. The fourth-order valence-corrected chi connectivity index (χ4v) is 1.98. The fourth-order valence-electron chi connectivity index (χ4n) is 1.98. The molecule has 0 saturated heterocycles. The van der Waals surface area contributed by atoms with Gasteiger partial charge in [0.1, 0.15) is 0 Å². The van der Waals surface area contributed by atoms with Gasteiger partial charge in [0.15, 0.2) is 0 Å². The van der Waals surface area contributed by atoms with Crippen LogP contribution in [-0.4, -0.2) is 22.7 Å². The molecule has 1 N–H and O–H groups in total. The van der Waals surface area contributed by atoms with E-state index in [4.69, 9.17) is 4.74 Å². The number of hydrogen-bond donors (Lipinski definition) is 1. The standard InChI is InChI=1S/C15H13N3O2/c1-2-20-15(19)16-10-7-8-13-14(9-10)18-12-6-4-3-5-11(12)17-13/h3-9H,2H2,1H3,(H,16,19). The van der Waals surface area contributed by atoms with Crippen LogP contribution in [0.15, 0.2) is 42.5 Å². The summed E-state index contributed by atoms with van der Waals surface area (Å²) in [5, 5.41) is 2.65. The molecule has 0 bridgehead atoms. The molecule has 0 aliphatic heterocycles. The number of nitrogens with one attached hydrogen (secondary N) is 1. The van der Waals surface area contributed by atoms with E-state index in [2.05, 4.69) is 15.3 Å². The molecule has 20 heavy (non-hydrogen) atoms. The Morgan fingerprint density at radius 1 is 1.05 bits per heavy atom. The highest BCUT2D eigenvalue weighted by Crippen LogP contribution is 2.19. The lowest BCUT2D eigenvalue weighted by Crippen LogP contribution is -2.13. The molecule has 0 fully saturated rings. The first-order valence-corrected chi connectivity index (χ1v) is 6.36. The molecule has 5 heteroatoms. The summed E-state index contributed by atoms with van der Waals surface area (Å²) in [6, 6.07) is 13.1. The van der Waals surface area contributed by atoms with Crippen molar-refractivity contribution in [3.8, 4) is 0 Å². The van der Waals surface area contributed by atoms with Gasteiger partial charge in [-0.05, 0) is 37.3 Å². The maximum Gasteiger partial charge on any atom is 0.411 e. The summed E-state index contributed by atoms with van der Waals surface area (Å²) in [5.41, 5.74) is 3.84. The Labute approximate surface area is 115 Å². The molecule has 3 rings (SSSR count). The van der Waals surface area contributed by atoms with Crippen molar-refractivity contribution in [1.82, 2.24) is 9.97 Å². The smallest absolute Gasteiger partial charge is 0.411 e. The number of anilines is 1. The molecule has 1 aromatic heterocycles. The van der Waals surface area contributed by atoms with Crippen LogP contribution in [0.2, 0.25) is 0 Å². The summed E-state index contributed by atoms with van der Waals surface area (Å²) in [7, 11) is 0. The lowest BCUT2D eigenvalue weighted by Gasteiger charge is -2.06. The number of hydrogen-bond acceptors (Lipinski definition) is 4. The Kier molecular flexibility index (Phi) is 3.16. The lowest BCUT2D eigenvalue weighted by molar-refractivity contribution is 0.168. The highest BCUT2D eigenvalue weighted by molar-refractivity contribution is 5.91. The van der Waals surface area contributed by atoms with Crippen LogP contribution in [0.4, 0.5) is 10.5 Å². The molecule has 5 nitrogen and oxygen atoms in total. The van der Waals surface area contributed by atoms with Crippen molar-refractivity contribution in [3.05, 3.63) is 42.5 Å². The van der Waals surface area contributed by atoms with Gasteiger partial charge in [0, 0.05) is 5.69 Å². The van der Waals surface area contributed by atoms with Crippen molar-refractivity contribution in [3.63, 3.8) is 0 Å². The van der Waals surface area contributed by atoms with Crippen LogP contribution in [0.25, 0.3) is 22.1 Å². The van der Waals surface area contributed by atoms with Gasteiger partial charge in [-0.1, -0.05) is 12.1 Å². The Morgan fingerprint density at radius 3 is 2.40 bits per heavy atom. The highest BCUT2D eigenvalue weighted by Gasteiger charge is 2.05. The lowest BCUT2D eigenvalue weighted by atomic mass is 10.2. The maximum absolute atomic E-state index is 11.4. The number of fused-ring (bicyclic) bond motifs is 2. The summed E-state index contributed by atoms with van der Waals surface area (Å²) in [5.74, 6) is 0. The molecule has 0 saturated carbocycles. The van der Waals surface area contributed by atoms with Gasteiger partial charge >= 0.3 is 6.09 Å². The van der Waals surface area contributed by atoms with E-state index in [1.807, 2.05) is 30.3 Å². The van der Waals surface area contributed by atoms with Crippen molar-refractivity contribution in [2.24, 2.45) is 0 Å². The molecule has 0 radical (unpaired) electrons. The maximum atomic E-state index is 11.4. The van der Waals surface area contributed by atoms with Crippen LogP contribution in [0.1, 0.15) is 6.92 Å². The Hall–Kier alpha value is -2.69. The van der Waals surface area contributed by atoms with Crippen molar-refractivity contribution in [2.45, 2.75) is 6.92 Å². The molecule has 1 amide bonds. The molecule has 1 heterocycles. The third-order valence-electron chi connectivity index (χ3n) is 2.86. The number of carbonyl (C=O) groups excluding carboxylic acids is 1. The molecule has 2 aromatic carbocycles. The second kappa shape index (κ2) is 5.13. The highest BCUT2D eigenvalue weighted by atomic mass is 16.5. The average molecular weight is 267 g/mol. The van der Waals surface area contributed by atoms with E-state index in [0.717, 1.165) is 22.1 Å². The van der Waals surface area contributed by atoms with E-state index in [-0.39, 0.29) is 0 Å². The van der Waals surface area contributed by atoms with Crippen LogP contribution in [0, 0.1) is 0 Å². The summed E-state index contributed by atoms with van der Waals surface area (Å²) in [4.78, 5) is 20.5. The van der Waals surface area contributed by atoms with Crippen LogP contribution >= 0.6 is 0 Å². The Bertz CT molecular complexity index is 786. The molecule has 0 spiro atoms. The first kappa shape index (κ1) is 12.3. The van der Waals surface area contributed by atoms with Gasteiger partial charge < -0.3 is 4.74 Å². The number of nitrogens with zero attached hydrogens (tertiary/aromatic N) is 2. The van der Waals surface area contributed by atoms with Gasteiger partial charge in [-0.15, -0.1) is 0 Å². The van der Waals surface area contributed by atoms with Crippen LogP contribution in [-0.2, 0) is 4.74 Å². The molecule has 0 aliphatic carbocycles. The first-order chi connectivity index (χ1) is 9.76. The zero-order valence-corrected chi connectivity index (χ0v) is 11.0. The predicted molar refractivity (Wildman–Crippen MR) is 77.7 cm³/mol. The van der Waals surface area contributed by atoms with E-state index in [0.29, 0.717) is 12.3 Å².